The number of nitrogens with one attached hydrogen (secondary N) is 1. The SMILES string of the molecule is CC=CC(=O)NCCc1ccc(F)cc1. The van der Waals surface area contributed by atoms with E-state index in [2.05, 4.69) is 5.32 Å². The maximum absolute atomic E-state index is 12.6. The monoisotopic (exact) mass is 207 g/mol. The Morgan fingerprint density at radius 1 is 1.40 bits per heavy atom. The number of hydrogen-bond donors (Lipinski definition) is 1. The van der Waals surface area contributed by atoms with Crippen molar-refractivity contribution in [2.45, 2.75) is 13.3 Å². The zero-order chi connectivity index (χ0) is 11.1. The van der Waals surface area contributed by atoms with Gasteiger partial charge >= 0.3 is 0 Å². The van der Waals surface area contributed by atoms with Crippen molar-refractivity contribution < 1.29 is 9.18 Å². The van der Waals surface area contributed by atoms with Gasteiger partial charge in [0.1, 0.15) is 5.82 Å². The molecule has 0 bridgehead atoms. The summed E-state index contributed by atoms with van der Waals surface area (Å²) in [6, 6.07) is 6.28. The fourth-order valence-corrected chi connectivity index (χ4v) is 1.19. The molecule has 3 heteroatoms. The highest BCUT2D eigenvalue weighted by molar-refractivity contribution is 5.87. The molecule has 1 aromatic rings. The Morgan fingerprint density at radius 3 is 2.67 bits per heavy atom. The minimum Gasteiger partial charge on any atom is -0.352 e. The first-order chi connectivity index (χ1) is 7.22. The van der Waals surface area contributed by atoms with E-state index in [0.717, 1.165) is 5.56 Å². The molecule has 80 valence electrons. The number of allylic oxidation sites excluding steroid dienone is 1. The van der Waals surface area contributed by atoms with Crippen LogP contribution in [0.2, 0.25) is 0 Å². The average Bonchev–Trinajstić information content (AvgIpc) is 2.21. The fourth-order valence-electron chi connectivity index (χ4n) is 1.19. The van der Waals surface area contributed by atoms with Gasteiger partial charge in [-0.2, -0.15) is 0 Å². The molecule has 1 rings (SSSR count). The van der Waals surface area contributed by atoms with Gasteiger partial charge in [-0.3, -0.25) is 4.79 Å². The van der Waals surface area contributed by atoms with Gasteiger partial charge in [0.15, 0.2) is 0 Å². The molecule has 0 saturated carbocycles. The summed E-state index contributed by atoms with van der Waals surface area (Å²) in [7, 11) is 0. The third kappa shape index (κ3) is 4.40. The Morgan fingerprint density at radius 2 is 2.07 bits per heavy atom. The van der Waals surface area contributed by atoms with E-state index in [4.69, 9.17) is 0 Å². The Bertz CT molecular complexity index is 343. The van der Waals surface area contributed by atoms with Crippen LogP contribution in [0.4, 0.5) is 4.39 Å². The molecule has 0 spiro atoms. The van der Waals surface area contributed by atoms with Gasteiger partial charge in [0.25, 0.3) is 0 Å². The zero-order valence-corrected chi connectivity index (χ0v) is 8.66. The number of carbonyl (C=O) groups is 1. The molecule has 1 aromatic carbocycles. The van der Waals surface area contributed by atoms with Gasteiger partial charge in [-0.1, -0.05) is 18.2 Å². The van der Waals surface area contributed by atoms with Crippen LogP contribution in [0.1, 0.15) is 12.5 Å². The lowest BCUT2D eigenvalue weighted by molar-refractivity contribution is -0.116. The lowest BCUT2D eigenvalue weighted by Gasteiger charge is -2.02. The third-order valence-corrected chi connectivity index (χ3v) is 1.94. The number of halogens is 1. The topological polar surface area (TPSA) is 29.1 Å². The van der Waals surface area contributed by atoms with E-state index < -0.39 is 0 Å². The van der Waals surface area contributed by atoms with Crippen molar-refractivity contribution in [3.63, 3.8) is 0 Å². The molecule has 0 aromatic heterocycles. The molecule has 1 amide bonds. The van der Waals surface area contributed by atoms with Crippen LogP contribution in [0.3, 0.4) is 0 Å². The van der Waals surface area contributed by atoms with E-state index in [-0.39, 0.29) is 11.7 Å². The largest absolute Gasteiger partial charge is 0.352 e. The molecule has 0 aliphatic rings. The number of amides is 1. The standard InChI is InChI=1S/C12H14FNO/c1-2-3-12(15)14-9-8-10-4-6-11(13)7-5-10/h2-7H,8-9H2,1H3,(H,14,15). The maximum Gasteiger partial charge on any atom is 0.243 e. The van der Waals surface area contributed by atoms with Crippen LogP contribution in [-0.4, -0.2) is 12.5 Å². The Balaban J connectivity index is 2.32. The first-order valence-electron chi connectivity index (χ1n) is 4.87. The van der Waals surface area contributed by atoms with Crippen molar-refractivity contribution in [3.05, 3.63) is 47.8 Å². The molecule has 2 nitrogen and oxygen atoms in total. The van der Waals surface area contributed by atoms with E-state index in [1.165, 1.54) is 18.2 Å². The average molecular weight is 207 g/mol. The van der Waals surface area contributed by atoms with Crippen LogP contribution >= 0.6 is 0 Å². The first kappa shape index (κ1) is 11.4. The van der Waals surface area contributed by atoms with Crippen LogP contribution in [-0.2, 0) is 11.2 Å². The predicted octanol–water partition coefficient (Wildman–Crippen LogP) is 2.06. The zero-order valence-electron chi connectivity index (χ0n) is 8.66. The van der Waals surface area contributed by atoms with E-state index >= 15 is 0 Å². The second-order valence-electron chi connectivity index (χ2n) is 3.17. The second kappa shape index (κ2) is 5.96. The van der Waals surface area contributed by atoms with Crippen LogP contribution in [0, 0.1) is 5.82 Å². The van der Waals surface area contributed by atoms with Gasteiger partial charge in [0, 0.05) is 6.54 Å². The number of benzene rings is 1. The predicted molar refractivity (Wildman–Crippen MR) is 57.9 cm³/mol. The summed E-state index contributed by atoms with van der Waals surface area (Å²) in [6.45, 7) is 2.36. The van der Waals surface area contributed by atoms with E-state index in [1.54, 1.807) is 25.1 Å². The van der Waals surface area contributed by atoms with Crippen molar-refractivity contribution in [1.29, 1.82) is 0 Å². The third-order valence-electron chi connectivity index (χ3n) is 1.94. The molecular weight excluding hydrogens is 193 g/mol. The molecule has 1 N–H and O–H groups in total. The normalized spacial score (nSPS) is 10.5. The van der Waals surface area contributed by atoms with Gasteiger partial charge in [-0.25, -0.2) is 4.39 Å². The lowest BCUT2D eigenvalue weighted by atomic mass is 10.1. The van der Waals surface area contributed by atoms with Crippen molar-refractivity contribution in [2.24, 2.45) is 0 Å². The molecule has 0 fully saturated rings. The smallest absolute Gasteiger partial charge is 0.243 e. The summed E-state index contributed by atoms with van der Waals surface area (Å²) < 4.78 is 12.6. The van der Waals surface area contributed by atoms with E-state index in [9.17, 15) is 9.18 Å². The highest BCUT2D eigenvalue weighted by Gasteiger charge is 1.96. The number of hydrogen-bond acceptors (Lipinski definition) is 1. The van der Waals surface area contributed by atoms with Crippen LogP contribution in [0.15, 0.2) is 36.4 Å². The molecule has 0 unspecified atom stereocenters. The first-order valence-corrected chi connectivity index (χ1v) is 4.87. The molecule has 0 heterocycles. The van der Waals surface area contributed by atoms with E-state index in [1.807, 2.05) is 0 Å². The summed E-state index contributed by atoms with van der Waals surface area (Å²) in [5, 5.41) is 2.73. The van der Waals surface area contributed by atoms with Gasteiger partial charge in [0.05, 0.1) is 0 Å². The van der Waals surface area contributed by atoms with Crippen LogP contribution in [0.5, 0.6) is 0 Å². The summed E-state index contributed by atoms with van der Waals surface area (Å²) in [4.78, 5) is 11.0. The van der Waals surface area contributed by atoms with E-state index in [0.29, 0.717) is 13.0 Å². The minimum atomic E-state index is -0.239. The summed E-state index contributed by atoms with van der Waals surface area (Å²) in [5.41, 5.74) is 1.01. The number of rotatable bonds is 4. The lowest BCUT2D eigenvalue weighted by Crippen LogP contribution is -2.23. The molecule has 0 atom stereocenters. The number of carbonyl (C=O) groups excluding carboxylic acids is 1. The quantitative estimate of drug-likeness (QED) is 0.752. The highest BCUT2D eigenvalue weighted by Crippen LogP contribution is 2.02. The summed E-state index contributed by atoms with van der Waals surface area (Å²) in [5.74, 6) is -0.337. The molecule has 0 aliphatic heterocycles. The van der Waals surface area contributed by atoms with Gasteiger partial charge in [-0.05, 0) is 37.1 Å². The van der Waals surface area contributed by atoms with Crippen LogP contribution < -0.4 is 5.32 Å². The molecular formula is C12H14FNO. The van der Waals surface area contributed by atoms with Crippen molar-refractivity contribution in [2.75, 3.05) is 6.54 Å². The molecule has 0 radical (unpaired) electrons. The molecule has 0 saturated heterocycles. The van der Waals surface area contributed by atoms with Crippen molar-refractivity contribution >= 4 is 5.91 Å². The van der Waals surface area contributed by atoms with Crippen molar-refractivity contribution in [3.8, 4) is 0 Å². The minimum absolute atomic E-state index is 0.0976. The fraction of sp³-hybridized carbons (Fsp3) is 0.250. The van der Waals surface area contributed by atoms with Gasteiger partial charge in [0.2, 0.25) is 5.91 Å². The van der Waals surface area contributed by atoms with Gasteiger partial charge < -0.3 is 5.32 Å². The summed E-state index contributed by atoms with van der Waals surface area (Å²) in [6.07, 6.45) is 3.88. The summed E-state index contributed by atoms with van der Waals surface area (Å²) >= 11 is 0. The van der Waals surface area contributed by atoms with Gasteiger partial charge in [-0.15, -0.1) is 0 Å². The van der Waals surface area contributed by atoms with Crippen molar-refractivity contribution in [1.82, 2.24) is 5.32 Å². The Kier molecular flexibility index (Phi) is 4.54. The van der Waals surface area contributed by atoms with Crippen LogP contribution in [0.25, 0.3) is 0 Å². The molecule has 0 aliphatic carbocycles. The maximum atomic E-state index is 12.6. The molecule has 15 heavy (non-hydrogen) atoms. The Hall–Kier alpha value is -1.64. The second-order valence-corrected chi connectivity index (χ2v) is 3.17. The highest BCUT2D eigenvalue weighted by atomic mass is 19.1. The Labute approximate surface area is 88.8 Å².